The first kappa shape index (κ1) is 24.4. The van der Waals surface area contributed by atoms with E-state index in [1.807, 2.05) is 0 Å². The summed E-state index contributed by atoms with van der Waals surface area (Å²) >= 11 is 0. The number of ether oxygens (including phenoxy) is 3. The minimum Gasteiger partial charge on any atom is -0.450 e. The highest BCUT2D eigenvalue weighted by molar-refractivity contribution is 6.74. The maximum absolute atomic E-state index is 11.3. The molecular weight excluding hydrogens is 338 g/mol. The summed E-state index contributed by atoms with van der Waals surface area (Å²) in [7, 11) is -1.64. The third-order valence-electron chi connectivity index (χ3n) is 4.32. The van der Waals surface area contributed by atoms with E-state index in [9.17, 15) is 4.79 Å². The summed E-state index contributed by atoms with van der Waals surface area (Å²) in [6.07, 6.45) is 2.42. The number of rotatable bonds is 14. The van der Waals surface area contributed by atoms with E-state index in [-0.39, 0.29) is 11.1 Å². The first-order valence-corrected chi connectivity index (χ1v) is 12.3. The maximum Gasteiger partial charge on any atom is 0.407 e. The van der Waals surface area contributed by atoms with Gasteiger partial charge in [0.1, 0.15) is 0 Å². The van der Waals surface area contributed by atoms with E-state index in [2.05, 4.69) is 46.1 Å². The SMILES string of the molecule is CCCCOC(=O)NCCOCCOCCCO[Si](C)(C)C(C)(C)C. The second kappa shape index (κ2) is 13.6. The van der Waals surface area contributed by atoms with E-state index in [4.69, 9.17) is 18.6 Å². The van der Waals surface area contributed by atoms with Crippen LogP contribution in [-0.4, -0.2) is 60.6 Å². The van der Waals surface area contributed by atoms with E-state index in [1.54, 1.807) is 0 Å². The second-order valence-corrected chi connectivity index (χ2v) is 12.4. The summed E-state index contributed by atoms with van der Waals surface area (Å²) in [5.41, 5.74) is 0. The number of unbranched alkanes of at least 4 members (excludes halogenated alkanes) is 1. The van der Waals surface area contributed by atoms with Gasteiger partial charge in [-0.15, -0.1) is 0 Å². The molecule has 7 heteroatoms. The van der Waals surface area contributed by atoms with Crippen molar-refractivity contribution in [2.45, 2.75) is 65.1 Å². The zero-order valence-electron chi connectivity index (χ0n) is 17.1. The van der Waals surface area contributed by atoms with Crippen molar-refractivity contribution in [1.29, 1.82) is 0 Å². The molecule has 0 heterocycles. The Labute approximate surface area is 155 Å². The lowest BCUT2D eigenvalue weighted by atomic mass is 10.2. The summed E-state index contributed by atoms with van der Waals surface area (Å²) in [5.74, 6) is 0. The Balaban J connectivity index is 3.36. The molecule has 0 rings (SSSR count). The van der Waals surface area contributed by atoms with Crippen molar-refractivity contribution in [1.82, 2.24) is 5.32 Å². The van der Waals surface area contributed by atoms with Crippen LogP contribution in [0.2, 0.25) is 18.1 Å². The summed E-state index contributed by atoms with van der Waals surface area (Å²) in [6, 6.07) is 0. The van der Waals surface area contributed by atoms with Gasteiger partial charge in [-0.1, -0.05) is 34.1 Å². The number of nitrogens with one attached hydrogen (secondary N) is 1. The van der Waals surface area contributed by atoms with Crippen LogP contribution in [0.1, 0.15) is 47.0 Å². The average Bonchev–Trinajstić information content (AvgIpc) is 2.51. The van der Waals surface area contributed by atoms with Crippen LogP contribution in [0.5, 0.6) is 0 Å². The first-order valence-electron chi connectivity index (χ1n) is 9.41. The lowest BCUT2D eigenvalue weighted by Crippen LogP contribution is -2.41. The van der Waals surface area contributed by atoms with Crippen LogP contribution in [-0.2, 0) is 18.6 Å². The second-order valence-electron chi connectivity index (χ2n) is 7.60. The minimum atomic E-state index is -1.64. The Morgan fingerprint density at radius 2 is 1.56 bits per heavy atom. The van der Waals surface area contributed by atoms with Crippen molar-refractivity contribution in [3.63, 3.8) is 0 Å². The third kappa shape index (κ3) is 13.3. The molecule has 0 bridgehead atoms. The van der Waals surface area contributed by atoms with Gasteiger partial charge in [0.15, 0.2) is 8.32 Å². The van der Waals surface area contributed by atoms with Gasteiger partial charge in [0.05, 0.1) is 26.4 Å². The molecule has 0 spiro atoms. The van der Waals surface area contributed by atoms with Crippen LogP contribution in [0.15, 0.2) is 0 Å². The highest BCUT2D eigenvalue weighted by atomic mass is 28.4. The predicted octanol–water partition coefficient (Wildman–Crippen LogP) is 3.96. The lowest BCUT2D eigenvalue weighted by Gasteiger charge is -2.36. The molecule has 1 amide bonds. The van der Waals surface area contributed by atoms with Gasteiger partial charge in [-0.3, -0.25) is 0 Å². The Hall–Kier alpha value is -0.633. The quantitative estimate of drug-likeness (QED) is 0.367. The van der Waals surface area contributed by atoms with Gasteiger partial charge in [-0.2, -0.15) is 0 Å². The summed E-state index contributed by atoms with van der Waals surface area (Å²) in [6.45, 7) is 17.2. The number of hydrogen-bond donors (Lipinski definition) is 1. The zero-order chi connectivity index (χ0) is 19.2. The average molecular weight is 378 g/mol. The van der Waals surface area contributed by atoms with E-state index in [0.29, 0.717) is 39.6 Å². The summed E-state index contributed by atoms with van der Waals surface area (Å²) < 4.78 is 22.0. The molecule has 0 unspecified atom stereocenters. The standard InChI is InChI=1S/C18H39NO5Si/c1-7-8-12-23-17(20)19-10-14-22-16-15-21-11-9-13-24-25(5,6)18(2,3)4/h7-16H2,1-6H3,(H,19,20). The summed E-state index contributed by atoms with van der Waals surface area (Å²) in [5, 5.41) is 2.90. The molecule has 150 valence electrons. The first-order chi connectivity index (χ1) is 11.7. The van der Waals surface area contributed by atoms with E-state index in [0.717, 1.165) is 25.9 Å². The van der Waals surface area contributed by atoms with Gasteiger partial charge in [0.25, 0.3) is 0 Å². The third-order valence-corrected chi connectivity index (χ3v) is 8.86. The normalized spacial score (nSPS) is 12.2. The van der Waals surface area contributed by atoms with Crippen LogP contribution in [0.3, 0.4) is 0 Å². The fourth-order valence-corrected chi connectivity index (χ4v) is 2.70. The molecule has 0 aromatic rings. The Morgan fingerprint density at radius 3 is 2.16 bits per heavy atom. The fourth-order valence-electron chi connectivity index (χ4n) is 1.61. The summed E-state index contributed by atoms with van der Waals surface area (Å²) in [4.78, 5) is 11.3. The highest BCUT2D eigenvalue weighted by Crippen LogP contribution is 2.36. The molecule has 0 saturated carbocycles. The molecule has 0 atom stereocenters. The van der Waals surface area contributed by atoms with Crippen molar-refractivity contribution in [3.8, 4) is 0 Å². The topological polar surface area (TPSA) is 66.0 Å². The van der Waals surface area contributed by atoms with Gasteiger partial charge in [-0.05, 0) is 31.0 Å². The van der Waals surface area contributed by atoms with Gasteiger partial charge in [0.2, 0.25) is 0 Å². The monoisotopic (exact) mass is 377 g/mol. The van der Waals surface area contributed by atoms with E-state index < -0.39 is 8.32 Å². The van der Waals surface area contributed by atoms with Gasteiger partial charge < -0.3 is 24.0 Å². The van der Waals surface area contributed by atoms with Gasteiger partial charge in [-0.25, -0.2) is 4.79 Å². The van der Waals surface area contributed by atoms with Crippen LogP contribution in [0.4, 0.5) is 4.79 Å². The van der Waals surface area contributed by atoms with Crippen molar-refractivity contribution in [2.24, 2.45) is 0 Å². The van der Waals surface area contributed by atoms with Crippen LogP contribution >= 0.6 is 0 Å². The van der Waals surface area contributed by atoms with Crippen molar-refractivity contribution >= 4 is 14.4 Å². The molecule has 6 nitrogen and oxygen atoms in total. The van der Waals surface area contributed by atoms with Crippen LogP contribution in [0.25, 0.3) is 0 Å². The Morgan fingerprint density at radius 1 is 0.920 bits per heavy atom. The van der Waals surface area contributed by atoms with E-state index in [1.165, 1.54) is 0 Å². The molecular formula is C18H39NO5Si. The molecule has 0 aromatic carbocycles. The molecule has 25 heavy (non-hydrogen) atoms. The van der Waals surface area contributed by atoms with Gasteiger partial charge >= 0.3 is 6.09 Å². The van der Waals surface area contributed by atoms with Crippen molar-refractivity contribution < 1.29 is 23.4 Å². The Bertz CT molecular complexity index is 345. The minimum absolute atomic E-state index is 0.248. The molecule has 0 aliphatic carbocycles. The van der Waals surface area contributed by atoms with Crippen LogP contribution in [0, 0.1) is 0 Å². The molecule has 0 radical (unpaired) electrons. The Kier molecular flexibility index (Phi) is 13.2. The lowest BCUT2D eigenvalue weighted by molar-refractivity contribution is 0.0436. The van der Waals surface area contributed by atoms with Crippen LogP contribution < -0.4 is 5.32 Å². The number of alkyl carbamates (subject to hydrolysis) is 1. The van der Waals surface area contributed by atoms with E-state index >= 15 is 0 Å². The largest absolute Gasteiger partial charge is 0.450 e. The molecule has 0 saturated heterocycles. The maximum atomic E-state index is 11.3. The molecule has 0 fully saturated rings. The number of hydrogen-bond acceptors (Lipinski definition) is 5. The predicted molar refractivity (Wildman–Crippen MR) is 104 cm³/mol. The smallest absolute Gasteiger partial charge is 0.407 e. The molecule has 0 aromatic heterocycles. The number of carbonyl (C=O) groups is 1. The number of amides is 1. The fraction of sp³-hybridized carbons (Fsp3) is 0.944. The zero-order valence-corrected chi connectivity index (χ0v) is 18.1. The molecule has 1 N–H and O–H groups in total. The number of carbonyl (C=O) groups excluding carboxylic acids is 1. The van der Waals surface area contributed by atoms with Crippen molar-refractivity contribution in [3.05, 3.63) is 0 Å². The van der Waals surface area contributed by atoms with Gasteiger partial charge in [0, 0.05) is 19.8 Å². The van der Waals surface area contributed by atoms with Crippen molar-refractivity contribution in [2.75, 3.05) is 46.2 Å². The molecule has 0 aliphatic rings. The molecule has 0 aliphatic heterocycles. The highest BCUT2D eigenvalue weighted by Gasteiger charge is 2.36.